The Morgan fingerprint density at radius 2 is 1.89 bits per heavy atom. The Morgan fingerprint density at radius 1 is 1.14 bits per heavy atom. The third kappa shape index (κ3) is 3.67. The van der Waals surface area contributed by atoms with Crippen LogP contribution in [0.4, 0.5) is 13.2 Å². The highest BCUT2D eigenvalue weighted by molar-refractivity contribution is 5.97. The zero-order valence-electron chi connectivity index (χ0n) is 14.9. The summed E-state index contributed by atoms with van der Waals surface area (Å²) in [6.07, 6.45) is 0.301. The van der Waals surface area contributed by atoms with Crippen LogP contribution in [0, 0.1) is 0 Å². The van der Waals surface area contributed by atoms with Crippen LogP contribution in [0.2, 0.25) is 0 Å². The molecule has 1 aliphatic rings. The molecule has 3 aromatic rings. The monoisotopic (exact) mass is 389 g/mol. The molecule has 0 atom stereocenters. The lowest BCUT2D eigenvalue weighted by Crippen LogP contribution is -2.38. The van der Waals surface area contributed by atoms with Crippen LogP contribution in [0.15, 0.2) is 48.8 Å². The minimum absolute atomic E-state index is 0.0745. The molecule has 0 bridgehead atoms. The fourth-order valence-corrected chi connectivity index (χ4v) is 3.74. The third-order valence-corrected chi connectivity index (χ3v) is 5.05. The Morgan fingerprint density at radius 3 is 2.64 bits per heavy atom. The molecule has 0 aliphatic carbocycles. The Kier molecular flexibility index (Phi) is 4.70. The number of carbonyl (C=O) groups is 1. The average Bonchev–Trinajstić information content (AvgIpc) is 3.11. The third-order valence-electron chi connectivity index (χ3n) is 5.05. The van der Waals surface area contributed by atoms with Crippen LogP contribution < -0.4 is 4.74 Å². The van der Waals surface area contributed by atoms with Crippen LogP contribution in [0.5, 0.6) is 5.75 Å². The van der Waals surface area contributed by atoms with Crippen molar-refractivity contribution >= 4 is 16.9 Å². The quantitative estimate of drug-likeness (QED) is 0.719. The second kappa shape index (κ2) is 7.18. The highest BCUT2D eigenvalue weighted by atomic mass is 19.4. The van der Waals surface area contributed by atoms with E-state index in [1.54, 1.807) is 11.1 Å². The molecule has 3 heterocycles. The van der Waals surface area contributed by atoms with Crippen LogP contribution in [0.1, 0.15) is 34.7 Å². The largest absolute Gasteiger partial charge is 0.573 e. The van der Waals surface area contributed by atoms with Crippen molar-refractivity contribution in [1.82, 2.24) is 14.9 Å². The van der Waals surface area contributed by atoms with Crippen molar-refractivity contribution in [2.75, 3.05) is 13.1 Å². The molecule has 146 valence electrons. The molecular weight excluding hydrogens is 371 g/mol. The van der Waals surface area contributed by atoms with E-state index in [4.69, 9.17) is 0 Å². The molecule has 0 radical (unpaired) electrons. The Bertz CT molecular complexity index is 992. The van der Waals surface area contributed by atoms with Crippen LogP contribution >= 0.6 is 0 Å². The summed E-state index contributed by atoms with van der Waals surface area (Å²) in [5, 5.41) is 1.07. The summed E-state index contributed by atoms with van der Waals surface area (Å²) < 4.78 is 41.8. The van der Waals surface area contributed by atoms with Crippen LogP contribution in [-0.2, 0) is 0 Å². The van der Waals surface area contributed by atoms with Gasteiger partial charge < -0.3 is 14.6 Å². The fourth-order valence-electron chi connectivity index (χ4n) is 3.74. The number of ether oxygens (including phenoxy) is 1. The normalized spacial score (nSPS) is 15.8. The molecule has 0 spiro atoms. The number of benzene rings is 1. The molecule has 0 saturated carbocycles. The van der Waals surface area contributed by atoms with Gasteiger partial charge in [0, 0.05) is 30.9 Å². The van der Waals surface area contributed by atoms with Gasteiger partial charge in [-0.15, -0.1) is 13.2 Å². The van der Waals surface area contributed by atoms with Gasteiger partial charge in [0.05, 0.1) is 5.56 Å². The van der Waals surface area contributed by atoms with Crippen molar-refractivity contribution in [3.8, 4) is 5.75 Å². The molecular formula is C20H18F3N3O2. The van der Waals surface area contributed by atoms with E-state index in [1.165, 1.54) is 18.2 Å². The number of amides is 1. The van der Waals surface area contributed by atoms with Crippen molar-refractivity contribution in [2.24, 2.45) is 0 Å². The lowest BCUT2D eigenvalue weighted by atomic mass is 9.89. The lowest BCUT2D eigenvalue weighted by Gasteiger charge is -2.32. The SMILES string of the molecule is O=C(c1ccccc1OC(F)(F)F)N1CCC(c2c[nH]c3ncccc23)CC1. The Balaban J connectivity index is 1.48. The van der Waals surface area contributed by atoms with E-state index in [9.17, 15) is 18.0 Å². The van der Waals surface area contributed by atoms with Crippen molar-refractivity contribution in [3.63, 3.8) is 0 Å². The number of hydrogen-bond acceptors (Lipinski definition) is 3. The fraction of sp³-hybridized carbons (Fsp3) is 0.300. The number of carbonyl (C=O) groups excluding carboxylic acids is 1. The van der Waals surface area contributed by atoms with E-state index < -0.39 is 18.0 Å². The zero-order valence-corrected chi connectivity index (χ0v) is 14.9. The van der Waals surface area contributed by atoms with Gasteiger partial charge in [0.1, 0.15) is 11.4 Å². The van der Waals surface area contributed by atoms with E-state index >= 15 is 0 Å². The van der Waals surface area contributed by atoms with Crippen molar-refractivity contribution in [2.45, 2.75) is 25.1 Å². The summed E-state index contributed by atoms with van der Waals surface area (Å²) in [7, 11) is 0. The Hall–Kier alpha value is -3.03. The van der Waals surface area contributed by atoms with Gasteiger partial charge in [-0.05, 0) is 48.6 Å². The molecule has 28 heavy (non-hydrogen) atoms. The first-order chi connectivity index (χ1) is 13.4. The van der Waals surface area contributed by atoms with E-state index in [0.29, 0.717) is 13.1 Å². The number of hydrogen-bond donors (Lipinski definition) is 1. The standard InChI is InChI=1S/C20H18F3N3O2/c21-20(22,23)28-17-6-2-1-4-15(17)19(27)26-10-7-13(8-11-26)16-12-25-18-14(16)5-3-9-24-18/h1-6,9,12-13H,7-8,10-11H2,(H,24,25). The number of nitrogens with zero attached hydrogens (tertiary/aromatic N) is 2. The number of pyridine rings is 1. The molecule has 1 amide bonds. The maximum absolute atomic E-state index is 12.8. The molecule has 1 saturated heterocycles. The molecule has 1 N–H and O–H groups in total. The van der Waals surface area contributed by atoms with E-state index in [1.807, 2.05) is 18.3 Å². The molecule has 2 aromatic heterocycles. The van der Waals surface area contributed by atoms with Crippen LogP contribution in [0.25, 0.3) is 11.0 Å². The number of H-pyrrole nitrogens is 1. The minimum atomic E-state index is -4.84. The highest BCUT2D eigenvalue weighted by Crippen LogP contribution is 2.34. The predicted molar refractivity (Wildman–Crippen MR) is 97.1 cm³/mol. The first-order valence-electron chi connectivity index (χ1n) is 8.98. The van der Waals surface area contributed by atoms with Crippen molar-refractivity contribution < 1.29 is 22.7 Å². The van der Waals surface area contributed by atoms with Crippen molar-refractivity contribution in [3.05, 3.63) is 59.9 Å². The van der Waals surface area contributed by atoms with Gasteiger partial charge in [-0.1, -0.05) is 12.1 Å². The first kappa shape index (κ1) is 18.3. The molecule has 4 rings (SSSR count). The topological polar surface area (TPSA) is 58.2 Å². The summed E-state index contributed by atoms with van der Waals surface area (Å²) in [4.78, 5) is 21.8. The van der Waals surface area contributed by atoms with Gasteiger partial charge in [0.2, 0.25) is 0 Å². The van der Waals surface area contributed by atoms with Gasteiger partial charge in [0.15, 0.2) is 0 Å². The molecule has 1 aromatic carbocycles. The first-order valence-corrected chi connectivity index (χ1v) is 8.98. The molecule has 5 nitrogen and oxygen atoms in total. The van der Waals surface area contributed by atoms with Crippen molar-refractivity contribution in [1.29, 1.82) is 0 Å². The lowest BCUT2D eigenvalue weighted by molar-refractivity contribution is -0.274. The van der Waals surface area contributed by atoms with E-state index in [-0.39, 0.29) is 11.5 Å². The number of alkyl halides is 3. The number of para-hydroxylation sites is 1. The maximum Gasteiger partial charge on any atom is 0.573 e. The smallest absolute Gasteiger partial charge is 0.405 e. The Labute approximate surface area is 159 Å². The second-order valence-corrected chi connectivity index (χ2v) is 6.75. The van der Waals surface area contributed by atoms with Gasteiger partial charge >= 0.3 is 6.36 Å². The van der Waals surface area contributed by atoms with E-state index in [2.05, 4.69) is 14.7 Å². The summed E-state index contributed by atoms with van der Waals surface area (Å²) in [6, 6.07) is 9.36. The van der Waals surface area contributed by atoms with Crippen LogP contribution in [0.3, 0.4) is 0 Å². The molecule has 0 unspecified atom stereocenters. The number of piperidine rings is 1. The number of halogens is 3. The van der Waals surface area contributed by atoms with Crippen LogP contribution in [-0.4, -0.2) is 40.2 Å². The van der Waals surface area contributed by atoms with Gasteiger partial charge in [0.25, 0.3) is 5.91 Å². The van der Waals surface area contributed by atoms with E-state index in [0.717, 1.165) is 35.5 Å². The predicted octanol–water partition coefficient (Wildman–Crippen LogP) is 4.48. The summed E-state index contributed by atoms with van der Waals surface area (Å²) >= 11 is 0. The summed E-state index contributed by atoms with van der Waals surface area (Å²) in [6.45, 7) is 0.938. The van der Waals surface area contributed by atoms with Gasteiger partial charge in [-0.3, -0.25) is 4.79 Å². The molecule has 1 fully saturated rings. The average molecular weight is 389 g/mol. The number of aromatic nitrogens is 2. The number of fused-ring (bicyclic) bond motifs is 1. The number of likely N-dealkylation sites (tertiary alicyclic amines) is 1. The minimum Gasteiger partial charge on any atom is -0.405 e. The number of nitrogens with one attached hydrogen (secondary N) is 1. The number of rotatable bonds is 3. The molecule has 8 heteroatoms. The summed E-state index contributed by atoms with van der Waals surface area (Å²) in [5.41, 5.74) is 1.92. The number of aromatic amines is 1. The zero-order chi connectivity index (χ0) is 19.7. The second-order valence-electron chi connectivity index (χ2n) is 6.75. The van der Waals surface area contributed by atoms with Gasteiger partial charge in [-0.2, -0.15) is 0 Å². The van der Waals surface area contributed by atoms with Gasteiger partial charge in [-0.25, -0.2) is 4.98 Å². The highest BCUT2D eigenvalue weighted by Gasteiger charge is 2.34. The molecule has 1 aliphatic heterocycles. The maximum atomic E-state index is 12.8. The summed E-state index contributed by atoms with van der Waals surface area (Å²) in [5.74, 6) is -0.646.